The molecule has 2 aromatic rings. The standard InChI is InChI=1S/C16H9BrClN3O3/c17-11-4-1-9(2-5-11)7-13-16(22)20-15(19-13)10-3-6-12(18)14(8-10)21(23)24/h1-8H,(H,19,20,22)/b13-7-. The maximum Gasteiger partial charge on any atom is 0.288 e. The van der Waals surface area contributed by atoms with Crippen LogP contribution >= 0.6 is 27.5 Å². The molecule has 1 amide bonds. The second kappa shape index (κ2) is 6.54. The number of carbonyl (C=O) groups is 1. The molecule has 0 radical (unpaired) electrons. The molecule has 24 heavy (non-hydrogen) atoms. The SMILES string of the molecule is O=C1NC(c2ccc(Cl)c([N+](=O)[O-])c2)=N/C1=C\c1ccc(Br)cc1. The summed E-state index contributed by atoms with van der Waals surface area (Å²) in [5.41, 5.74) is 1.22. The lowest BCUT2D eigenvalue weighted by Gasteiger charge is -2.01. The number of halogens is 2. The van der Waals surface area contributed by atoms with Gasteiger partial charge in [-0.1, -0.05) is 39.7 Å². The number of nitrogens with zero attached hydrogens (tertiary/aromatic N) is 2. The van der Waals surface area contributed by atoms with Gasteiger partial charge in [-0.25, -0.2) is 4.99 Å². The number of nitro benzene ring substituents is 1. The number of nitrogens with one attached hydrogen (secondary N) is 1. The molecule has 8 heteroatoms. The van der Waals surface area contributed by atoms with Gasteiger partial charge in [-0.2, -0.15) is 0 Å². The van der Waals surface area contributed by atoms with Gasteiger partial charge in [0.2, 0.25) is 0 Å². The molecule has 3 rings (SSSR count). The maximum absolute atomic E-state index is 12.1. The van der Waals surface area contributed by atoms with Gasteiger partial charge in [-0.3, -0.25) is 14.9 Å². The normalized spacial score (nSPS) is 15.3. The molecular weight excluding hydrogens is 398 g/mol. The smallest absolute Gasteiger partial charge is 0.288 e. The first kappa shape index (κ1) is 16.4. The Morgan fingerprint density at radius 3 is 2.58 bits per heavy atom. The highest BCUT2D eigenvalue weighted by molar-refractivity contribution is 9.10. The van der Waals surface area contributed by atoms with Gasteiger partial charge in [0.25, 0.3) is 11.6 Å². The van der Waals surface area contributed by atoms with E-state index in [1.165, 1.54) is 12.1 Å². The van der Waals surface area contributed by atoms with Gasteiger partial charge in [0, 0.05) is 16.1 Å². The van der Waals surface area contributed by atoms with E-state index in [-0.39, 0.29) is 28.1 Å². The minimum Gasteiger partial charge on any atom is -0.305 e. The highest BCUT2D eigenvalue weighted by Crippen LogP contribution is 2.26. The number of amides is 1. The quantitative estimate of drug-likeness (QED) is 0.476. The second-order valence-corrected chi connectivity index (χ2v) is 6.24. The lowest BCUT2D eigenvalue weighted by molar-refractivity contribution is -0.384. The topological polar surface area (TPSA) is 84.6 Å². The minimum atomic E-state index is -0.582. The fraction of sp³-hybridized carbons (Fsp3) is 0. The van der Waals surface area contributed by atoms with Crippen molar-refractivity contribution < 1.29 is 9.72 Å². The molecule has 1 aliphatic rings. The van der Waals surface area contributed by atoms with E-state index in [9.17, 15) is 14.9 Å². The molecule has 2 aromatic carbocycles. The fourth-order valence-corrected chi connectivity index (χ4v) is 2.57. The van der Waals surface area contributed by atoms with E-state index in [1.54, 1.807) is 12.1 Å². The number of benzene rings is 2. The molecule has 0 bridgehead atoms. The van der Waals surface area contributed by atoms with Gasteiger partial charge in [0.05, 0.1) is 4.92 Å². The molecule has 1 N–H and O–H groups in total. The Morgan fingerprint density at radius 2 is 1.92 bits per heavy atom. The molecule has 0 spiro atoms. The van der Waals surface area contributed by atoms with Crippen LogP contribution in [0.3, 0.4) is 0 Å². The molecule has 0 saturated carbocycles. The zero-order valence-corrected chi connectivity index (χ0v) is 14.3. The van der Waals surface area contributed by atoms with Gasteiger partial charge >= 0.3 is 0 Å². The van der Waals surface area contributed by atoms with Crippen molar-refractivity contribution in [2.24, 2.45) is 4.99 Å². The van der Waals surface area contributed by atoms with Crippen molar-refractivity contribution in [1.29, 1.82) is 0 Å². The van der Waals surface area contributed by atoms with Crippen molar-refractivity contribution in [1.82, 2.24) is 5.32 Å². The minimum absolute atomic E-state index is 0.0271. The maximum atomic E-state index is 12.1. The summed E-state index contributed by atoms with van der Waals surface area (Å²) in [5, 5.41) is 13.6. The van der Waals surface area contributed by atoms with E-state index < -0.39 is 4.92 Å². The van der Waals surface area contributed by atoms with Crippen LogP contribution in [0.2, 0.25) is 5.02 Å². The zero-order chi connectivity index (χ0) is 17.3. The molecule has 120 valence electrons. The molecule has 0 atom stereocenters. The van der Waals surface area contributed by atoms with E-state index in [4.69, 9.17) is 11.6 Å². The van der Waals surface area contributed by atoms with Crippen LogP contribution in [0, 0.1) is 10.1 Å². The Bertz CT molecular complexity index is 907. The number of nitro groups is 1. The van der Waals surface area contributed by atoms with Gasteiger partial charge in [0.1, 0.15) is 16.6 Å². The predicted molar refractivity (Wildman–Crippen MR) is 94.9 cm³/mol. The predicted octanol–water partition coefficient (Wildman–Crippen LogP) is 3.93. The molecule has 1 heterocycles. The average molecular weight is 407 g/mol. The highest BCUT2D eigenvalue weighted by atomic mass is 79.9. The molecule has 0 aromatic heterocycles. The van der Waals surface area contributed by atoms with Crippen LogP contribution in [0.25, 0.3) is 6.08 Å². The summed E-state index contributed by atoms with van der Waals surface area (Å²) in [5.74, 6) is -0.117. The molecule has 0 unspecified atom stereocenters. The van der Waals surface area contributed by atoms with Crippen LogP contribution < -0.4 is 5.32 Å². The number of aliphatic imine (C=N–C) groups is 1. The summed E-state index contributed by atoms with van der Waals surface area (Å²) >= 11 is 9.13. The number of carbonyl (C=O) groups excluding carboxylic acids is 1. The van der Waals surface area contributed by atoms with Crippen LogP contribution in [0.15, 0.2) is 57.6 Å². The molecule has 6 nitrogen and oxygen atoms in total. The van der Waals surface area contributed by atoms with E-state index in [0.29, 0.717) is 5.56 Å². The van der Waals surface area contributed by atoms with E-state index in [2.05, 4.69) is 26.2 Å². The summed E-state index contributed by atoms with van der Waals surface area (Å²) in [7, 11) is 0. The number of hydrogen-bond acceptors (Lipinski definition) is 4. The zero-order valence-electron chi connectivity index (χ0n) is 12.0. The van der Waals surface area contributed by atoms with Crippen molar-refractivity contribution >= 4 is 51.0 Å². The van der Waals surface area contributed by atoms with Crippen molar-refractivity contribution in [3.8, 4) is 0 Å². The van der Waals surface area contributed by atoms with Gasteiger partial charge in [-0.05, 0) is 35.9 Å². The van der Waals surface area contributed by atoms with Crippen molar-refractivity contribution in [2.45, 2.75) is 0 Å². The summed E-state index contributed by atoms with van der Waals surface area (Å²) in [4.78, 5) is 26.7. The number of rotatable bonds is 3. The summed E-state index contributed by atoms with van der Waals surface area (Å²) in [6, 6.07) is 11.6. The van der Waals surface area contributed by atoms with E-state index >= 15 is 0 Å². The first-order chi connectivity index (χ1) is 11.4. The Hall–Kier alpha value is -2.51. The molecule has 0 fully saturated rings. The van der Waals surface area contributed by atoms with Crippen LogP contribution in [-0.2, 0) is 4.79 Å². The third kappa shape index (κ3) is 3.37. The second-order valence-electron chi connectivity index (χ2n) is 4.92. The molecule has 0 saturated heterocycles. The fourth-order valence-electron chi connectivity index (χ4n) is 2.12. The van der Waals surface area contributed by atoms with Gasteiger partial charge < -0.3 is 5.32 Å². The van der Waals surface area contributed by atoms with E-state index in [1.807, 2.05) is 24.3 Å². The molecule has 0 aliphatic carbocycles. The monoisotopic (exact) mass is 405 g/mol. The Kier molecular flexibility index (Phi) is 4.46. The summed E-state index contributed by atoms with van der Waals surface area (Å²) < 4.78 is 0.929. The molecule has 1 aliphatic heterocycles. The summed E-state index contributed by atoms with van der Waals surface area (Å²) in [6.07, 6.45) is 1.64. The van der Waals surface area contributed by atoms with Crippen molar-refractivity contribution in [3.05, 3.63) is 78.9 Å². The number of hydrogen-bond donors (Lipinski definition) is 1. The third-order valence-electron chi connectivity index (χ3n) is 3.29. The van der Waals surface area contributed by atoms with E-state index in [0.717, 1.165) is 10.0 Å². The van der Waals surface area contributed by atoms with Crippen LogP contribution in [0.4, 0.5) is 5.69 Å². The lowest BCUT2D eigenvalue weighted by Crippen LogP contribution is -2.24. The Balaban J connectivity index is 1.96. The Morgan fingerprint density at radius 1 is 1.21 bits per heavy atom. The van der Waals surface area contributed by atoms with Crippen LogP contribution in [0.5, 0.6) is 0 Å². The summed E-state index contributed by atoms with van der Waals surface area (Å²) in [6.45, 7) is 0. The highest BCUT2D eigenvalue weighted by Gasteiger charge is 2.23. The van der Waals surface area contributed by atoms with Gasteiger partial charge in [-0.15, -0.1) is 0 Å². The third-order valence-corrected chi connectivity index (χ3v) is 4.13. The first-order valence-corrected chi connectivity index (χ1v) is 7.93. The van der Waals surface area contributed by atoms with Crippen molar-refractivity contribution in [2.75, 3.05) is 0 Å². The van der Waals surface area contributed by atoms with Crippen molar-refractivity contribution in [3.63, 3.8) is 0 Å². The average Bonchev–Trinajstić information content (AvgIpc) is 2.90. The lowest BCUT2D eigenvalue weighted by atomic mass is 10.2. The van der Waals surface area contributed by atoms with Crippen LogP contribution in [-0.4, -0.2) is 16.7 Å². The van der Waals surface area contributed by atoms with Gasteiger partial charge in [0.15, 0.2) is 0 Å². The first-order valence-electron chi connectivity index (χ1n) is 6.75. The molecular formula is C16H9BrClN3O3. The number of amidine groups is 1. The van der Waals surface area contributed by atoms with Crippen LogP contribution in [0.1, 0.15) is 11.1 Å². The largest absolute Gasteiger partial charge is 0.305 e. The Labute approximate surface area is 150 Å².